The van der Waals surface area contributed by atoms with Gasteiger partial charge in [0, 0.05) is 25.7 Å². The van der Waals surface area contributed by atoms with Gasteiger partial charge in [-0.05, 0) is 51.3 Å². The molecule has 0 aromatic carbocycles. The zero-order valence-corrected chi connectivity index (χ0v) is 14.4. The van der Waals surface area contributed by atoms with Crippen LogP contribution in [0.4, 0.5) is 0 Å². The molecule has 3 heterocycles. The fraction of sp³-hybridized carbons (Fsp3) is 0.706. The third kappa shape index (κ3) is 3.77. The van der Waals surface area contributed by atoms with Gasteiger partial charge < -0.3 is 10.6 Å². The van der Waals surface area contributed by atoms with E-state index in [2.05, 4.69) is 5.10 Å². The summed E-state index contributed by atoms with van der Waals surface area (Å²) in [7, 11) is 1.91. The molecule has 1 atom stereocenters. The molecule has 0 radical (unpaired) electrons. The Kier molecular flexibility index (Phi) is 5.18. The molecule has 7 heteroatoms. The van der Waals surface area contributed by atoms with Crippen LogP contribution in [0, 0.1) is 5.92 Å². The highest BCUT2D eigenvalue weighted by Gasteiger charge is 2.35. The standard InChI is InChI=1S/C17H27N5O2/c1-20-9-7-14(19-20)15-4-2-3-8-22(15)17(24)13-5-10-21(11-6-13)12-16(18)23/h7,9,13,15H,2-6,8,10-12H2,1H3,(H2,18,23). The maximum atomic E-state index is 13.1. The Bertz CT molecular complexity index is 592. The summed E-state index contributed by atoms with van der Waals surface area (Å²) >= 11 is 0. The van der Waals surface area contributed by atoms with Crippen LogP contribution >= 0.6 is 0 Å². The third-order valence-electron chi connectivity index (χ3n) is 5.18. The third-order valence-corrected chi connectivity index (χ3v) is 5.18. The minimum Gasteiger partial charge on any atom is -0.369 e. The number of hydrogen-bond acceptors (Lipinski definition) is 4. The lowest BCUT2D eigenvalue weighted by Gasteiger charge is -2.39. The van der Waals surface area contributed by atoms with Crippen LogP contribution in [0.25, 0.3) is 0 Å². The van der Waals surface area contributed by atoms with Crippen molar-refractivity contribution in [1.29, 1.82) is 0 Å². The smallest absolute Gasteiger partial charge is 0.231 e. The second kappa shape index (κ2) is 7.34. The molecule has 2 amide bonds. The number of primary amides is 1. The Balaban J connectivity index is 1.63. The van der Waals surface area contributed by atoms with E-state index >= 15 is 0 Å². The van der Waals surface area contributed by atoms with Crippen molar-refractivity contribution >= 4 is 11.8 Å². The van der Waals surface area contributed by atoms with Crippen LogP contribution < -0.4 is 5.73 Å². The van der Waals surface area contributed by atoms with Gasteiger partial charge in [0.1, 0.15) is 0 Å². The first-order valence-electron chi connectivity index (χ1n) is 8.85. The Morgan fingerprint density at radius 2 is 1.96 bits per heavy atom. The fourth-order valence-electron chi connectivity index (χ4n) is 3.91. The van der Waals surface area contributed by atoms with E-state index in [1.54, 1.807) is 4.68 Å². The van der Waals surface area contributed by atoms with Crippen molar-refractivity contribution in [2.75, 3.05) is 26.2 Å². The van der Waals surface area contributed by atoms with E-state index in [1.165, 1.54) is 0 Å². The first kappa shape index (κ1) is 17.0. The molecule has 0 bridgehead atoms. The molecule has 7 nitrogen and oxygen atoms in total. The van der Waals surface area contributed by atoms with Crippen molar-refractivity contribution in [1.82, 2.24) is 19.6 Å². The average molecular weight is 333 g/mol. The Morgan fingerprint density at radius 3 is 2.58 bits per heavy atom. The number of likely N-dealkylation sites (tertiary alicyclic amines) is 2. The normalized spacial score (nSPS) is 23.4. The summed E-state index contributed by atoms with van der Waals surface area (Å²) in [5.74, 6) is 0.00791. The van der Waals surface area contributed by atoms with Gasteiger partial charge in [-0.3, -0.25) is 19.2 Å². The molecule has 3 rings (SSSR count). The van der Waals surface area contributed by atoms with E-state index in [9.17, 15) is 9.59 Å². The fourth-order valence-corrected chi connectivity index (χ4v) is 3.91. The molecule has 24 heavy (non-hydrogen) atoms. The molecule has 0 aliphatic carbocycles. The Labute approximate surface area is 142 Å². The van der Waals surface area contributed by atoms with E-state index in [1.807, 2.05) is 29.1 Å². The lowest BCUT2D eigenvalue weighted by Crippen LogP contribution is -2.46. The van der Waals surface area contributed by atoms with E-state index < -0.39 is 0 Å². The Hall–Kier alpha value is -1.89. The van der Waals surface area contributed by atoms with Crippen LogP contribution in [0.3, 0.4) is 0 Å². The van der Waals surface area contributed by atoms with Crippen LogP contribution in [-0.2, 0) is 16.6 Å². The number of nitrogens with two attached hydrogens (primary N) is 1. The van der Waals surface area contributed by atoms with Gasteiger partial charge in [0.25, 0.3) is 0 Å². The molecule has 2 N–H and O–H groups in total. The zero-order chi connectivity index (χ0) is 17.1. The molecule has 1 aromatic heterocycles. The van der Waals surface area contributed by atoms with Gasteiger partial charge in [-0.2, -0.15) is 5.10 Å². The van der Waals surface area contributed by atoms with Gasteiger partial charge in [-0.25, -0.2) is 0 Å². The van der Waals surface area contributed by atoms with Crippen LogP contribution in [0.15, 0.2) is 12.3 Å². The van der Waals surface area contributed by atoms with Gasteiger partial charge in [0.05, 0.1) is 18.3 Å². The SMILES string of the molecule is Cn1ccc(C2CCCCN2C(=O)C2CCN(CC(N)=O)CC2)n1. The molecular weight excluding hydrogens is 306 g/mol. The van der Waals surface area contributed by atoms with Crippen molar-refractivity contribution in [3.05, 3.63) is 18.0 Å². The number of carbonyl (C=O) groups is 2. The second-order valence-corrected chi connectivity index (χ2v) is 6.97. The zero-order valence-electron chi connectivity index (χ0n) is 14.4. The first-order chi connectivity index (χ1) is 11.5. The monoisotopic (exact) mass is 333 g/mol. The van der Waals surface area contributed by atoms with Crippen molar-refractivity contribution in [3.8, 4) is 0 Å². The van der Waals surface area contributed by atoms with Crippen LogP contribution in [0.5, 0.6) is 0 Å². The summed E-state index contributed by atoms with van der Waals surface area (Å²) in [5.41, 5.74) is 6.25. The predicted molar refractivity (Wildman–Crippen MR) is 89.9 cm³/mol. The highest BCUT2D eigenvalue weighted by molar-refractivity contribution is 5.79. The molecular formula is C17H27N5O2. The largest absolute Gasteiger partial charge is 0.369 e. The number of rotatable bonds is 4. The number of piperidine rings is 2. The predicted octanol–water partition coefficient (Wildman–Crippen LogP) is 0.671. The molecule has 0 spiro atoms. The Morgan fingerprint density at radius 1 is 1.21 bits per heavy atom. The van der Waals surface area contributed by atoms with Crippen molar-refractivity contribution < 1.29 is 9.59 Å². The lowest BCUT2D eigenvalue weighted by atomic mass is 9.91. The first-order valence-corrected chi connectivity index (χ1v) is 8.85. The molecule has 1 aromatic rings. The van der Waals surface area contributed by atoms with E-state index in [-0.39, 0.29) is 23.8 Å². The maximum absolute atomic E-state index is 13.1. The van der Waals surface area contributed by atoms with Crippen molar-refractivity contribution in [2.24, 2.45) is 18.7 Å². The molecule has 2 saturated heterocycles. The average Bonchev–Trinajstić information content (AvgIpc) is 3.01. The van der Waals surface area contributed by atoms with E-state index in [0.717, 1.165) is 57.4 Å². The lowest BCUT2D eigenvalue weighted by molar-refractivity contribution is -0.141. The van der Waals surface area contributed by atoms with Crippen molar-refractivity contribution in [2.45, 2.75) is 38.1 Å². The second-order valence-electron chi connectivity index (χ2n) is 6.97. The summed E-state index contributed by atoms with van der Waals surface area (Å²) in [5, 5.41) is 4.52. The molecule has 132 valence electrons. The summed E-state index contributed by atoms with van der Waals surface area (Å²) in [6.07, 6.45) is 6.74. The van der Waals surface area contributed by atoms with Crippen LogP contribution in [0.1, 0.15) is 43.8 Å². The number of aryl methyl sites for hydroxylation is 1. The quantitative estimate of drug-likeness (QED) is 0.878. The maximum Gasteiger partial charge on any atom is 0.231 e. The van der Waals surface area contributed by atoms with Gasteiger partial charge >= 0.3 is 0 Å². The van der Waals surface area contributed by atoms with Gasteiger partial charge in [0.15, 0.2) is 0 Å². The van der Waals surface area contributed by atoms with Crippen molar-refractivity contribution in [3.63, 3.8) is 0 Å². The highest BCUT2D eigenvalue weighted by Crippen LogP contribution is 2.32. The summed E-state index contributed by atoms with van der Waals surface area (Å²) < 4.78 is 1.80. The molecule has 2 fully saturated rings. The minimum absolute atomic E-state index is 0.0541. The molecule has 2 aliphatic heterocycles. The highest BCUT2D eigenvalue weighted by atomic mass is 16.2. The summed E-state index contributed by atoms with van der Waals surface area (Å²) in [6.45, 7) is 2.64. The van der Waals surface area contributed by atoms with Gasteiger partial charge in [0.2, 0.25) is 11.8 Å². The van der Waals surface area contributed by atoms with Crippen LogP contribution in [-0.4, -0.2) is 57.6 Å². The van der Waals surface area contributed by atoms with E-state index in [4.69, 9.17) is 5.73 Å². The minimum atomic E-state index is -0.300. The number of carbonyl (C=O) groups excluding carboxylic acids is 2. The number of amides is 2. The van der Waals surface area contributed by atoms with Gasteiger partial charge in [-0.1, -0.05) is 0 Å². The molecule has 2 aliphatic rings. The van der Waals surface area contributed by atoms with Gasteiger partial charge in [-0.15, -0.1) is 0 Å². The number of hydrogen-bond donors (Lipinski definition) is 1. The van der Waals surface area contributed by atoms with Crippen LogP contribution in [0.2, 0.25) is 0 Å². The summed E-state index contributed by atoms with van der Waals surface area (Å²) in [6, 6.07) is 2.13. The number of aromatic nitrogens is 2. The van der Waals surface area contributed by atoms with E-state index in [0.29, 0.717) is 6.54 Å². The number of nitrogens with zero attached hydrogens (tertiary/aromatic N) is 4. The topological polar surface area (TPSA) is 84.5 Å². The molecule has 1 unspecified atom stereocenters. The summed E-state index contributed by atoms with van der Waals surface area (Å²) in [4.78, 5) is 28.2. The molecule has 0 saturated carbocycles.